The highest BCUT2D eigenvalue weighted by atomic mass is 32.1. The molecule has 2 aromatic heterocycles. The van der Waals surface area contributed by atoms with Crippen LogP contribution in [0.5, 0.6) is 0 Å². The van der Waals surface area contributed by atoms with E-state index in [0.717, 1.165) is 49.2 Å². The Morgan fingerprint density at radius 3 is 2.19 bits per heavy atom. The zero-order valence-electron chi connectivity index (χ0n) is 20.1. The largest absolute Gasteiger partial charge is 0.384 e. The van der Waals surface area contributed by atoms with Crippen molar-refractivity contribution in [2.24, 2.45) is 0 Å². The normalized spacial score (nSPS) is 10.9. The molecule has 2 heterocycles. The molecule has 0 spiro atoms. The predicted molar refractivity (Wildman–Crippen MR) is 151 cm³/mol. The molecule has 0 saturated carbocycles. The molecular weight excluding hydrogens is 460 g/mol. The van der Waals surface area contributed by atoms with Gasteiger partial charge in [0.05, 0.1) is 17.1 Å². The van der Waals surface area contributed by atoms with Gasteiger partial charge in [-0.1, -0.05) is 54.6 Å². The van der Waals surface area contributed by atoms with Gasteiger partial charge in [0.1, 0.15) is 0 Å². The van der Waals surface area contributed by atoms with E-state index in [2.05, 4.69) is 70.2 Å². The van der Waals surface area contributed by atoms with Crippen LogP contribution >= 0.6 is 11.3 Å². The van der Waals surface area contributed by atoms with E-state index in [4.69, 9.17) is 5.26 Å². The molecule has 0 aliphatic carbocycles. The number of nitriles is 1. The monoisotopic (exact) mass is 488 g/mol. The van der Waals surface area contributed by atoms with Gasteiger partial charge in [-0.2, -0.15) is 5.26 Å². The van der Waals surface area contributed by atoms with Crippen molar-refractivity contribution >= 4 is 27.9 Å². The van der Waals surface area contributed by atoms with Crippen LogP contribution in [-0.2, 0) is 6.54 Å². The fraction of sp³-hybridized carbons (Fsp3) is 0.161. The van der Waals surface area contributed by atoms with Crippen LogP contribution < -0.4 is 10.6 Å². The third-order valence-corrected chi connectivity index (χ3v) is 7.40. The summed E-state index contributed by atoms with van der Waals surface area (Å²) in [4.78, 5) is 6.89. The second kappa shape index (κ2) is 11.6. The Kier molecular flexibility index (Phi) is 7.67. The number of fused-ring (bicyclic) bond motifs is 1. The van der Waals surface area contributed by atoms with Crippen molar-refractivity contribution < 1.29 is 0 Å². The summed E-state index contributed by atoms with van der Waals surface area (Å²) in [6.07, 6.45) is 4.11. The van der Waals surface area contributed by atoms with Gasteiger partial charge in [0.15, 0.2) is 0 Å². The van der Waals surface area contributed by atoms with Crippen molar-refractivity contribution in [3.8, 4) is 27.0 Å². The molecule has 0 saturated heterocycles. The molecular formula is C31H28N4S. The number of benzene rings is 3. The van der Waals surface area contributed by atoms with E-state index >= 15 is 0 Å². The lowest BCUT2D eigenvalue weighted by Crippen LogP contribution is -2.15. The molecule has 5 rings (SSSR count). The molecule has 0 fully saturated rings. The minimum Gasteiger partial charge on any atom is -0.384 e. The number of hydrogen-bond donors (Lipinski definition) is 2. The first-order valence-electron chi connectivity index (χ1n) is 12.3. The van der Waals surface area contributed by atoms with Gasteiger partial charge in [-0.3, -0.25) is 4.98 Å². The zero-order valence-corrected chi connectivity index (χ0v) is 20.9. The molecule has 0 aliphatic heterocycles. The number of para-hydroxylation sites is 1. The fourth-order valence-electron chi connectivity index (χ4n) is 4.22. The lowest BCUT2D eigenvalue weighted by Gasteiger charge is -2.10. The Labute approximate surface area is 216 Å². The lowest BCUT2D eigenvalue weighted by molar-refractivity contribution is 0.633. The van der Waals surface area contributed by atoms with E-state index < -0.39 is 0 Å². The molecule has 3 aromatic carbocycles. The number of pyridine rings is 1. The van der Waals surface area contributed by atoms with Gasteiger partial charge in [0.2, 0.25) is 0 Å². The summed E-state index contributed by atoms with van der Waals surface area (Å²) >= 11 is 1.78. The van der Waals surface area contributed by atoms with E-state index in [1.54, 1.807) is 11.3 Å². The first-order chi connectivity index (χ1) is 17.8. The van der Waals surface area contributed by atoms with Crippen molar-refractivity contribution in [2.75, 3.05) is 18.4 Å². The molecule has 0 bridgehead atoms. The van der Waals surface area contributed by atoms with Crippen LogP contribution in [0.2, 0.25) is 0 Å². The van der Waals surface area contributed by atoms with Crippen LogP contribution in [0.4, 0.5) is 5.69 Å². The Morgan fingerprint density at radius 1 is 0.750 bits per heavy atom. The van der Waals surface area contributed by atoms with Crippen molar-refractivity contribution in [3.63, 3.8) is 0 Å². The molecule has 0 unspecified atom stereocenters. The number of anilines is 1. The van der Waals surface area contributed by atoms with E-state index in [9.17, 15) is 0 Å². The van der Waals surface area contributed by atoms with E-state index in [0.29, 0.717) is 5.56 Å². The summed E-state index contributed by atoms with van der Waals surface area (Å²) in [6, 6.07) is 33.4. The highest BCUT2D eigenvalue weighted by Gasteiger charge is 2.06. The van der Waals surface area contributed by atoms with E-state index in [1.165, 1.54) is 26.3 Å². The number of aromatic nitrogens is 1. The van der Waals surface area contributed by atoms with E-state index in [1.807, 2.05) is 48.7 Å². The maximum Gasteiger partial charge on any atom is 0.0991 e. The topological polar surface area (TPSA) is 60.7 Å². The van der Waals surface area contributed by atoms with Crippen LogP contribution in [0.1, 0.15) is 24.0 Å². The third-order valence-electron chi connectivity index (χ3n) is 6.22. The highest BCUT2D eigenvalue weighted by molar-refractivity contribution is 7.18. The number of rotatable bonds is 10. The fourth-order valence-corrected chi connectivity index (χ4v) is 5.24. The van der Waals surface area contributed by atoms with Crippen LogP contribution in [0, 0.1) is 11.3 Å². The Balaban J connectivity index is 1.05. The lowest BCUT2D eigenvalue weighted by atomic mass is 10.1. The molecule has 0 amide bonds. The summed E-state index contributed by atoms with van der Waals surface area (Å²) in [6.45, 7) is 2.83. The van der Waals surface area contributed by atoms with Crippen molar-refractivity contribution in [2.45, 2.75) is 19.4 Å². The predicted octanol–water partition coefficient (Wildman–Crippen LogP) is 7.48. The zero-order chi connectivity index (χ0) is 24.6. The van der Waals surface area contributed by atoms with Gasteiger partial charge in [-0.15, -0.1) is 11.3 Å². The summed E-state index contributed by atoms with van der Waals surface area (Å²) in [5, 5.41) is 17.3. The Morgan fingerprint density at radius 2 is 1.44 bits per heavy atom. The summed E-state index contributed by atoms with van der Waals surface area (Å²) < 4.78 is 0. The molecule has 0 radical (unpaired) electrons. The van der Waals surface area contributed by atoms with Gasteiger partial charge in [-0.25, -0.2) is 0 Å². The van der Waals surface area contributed by atoms with Gasteiger partial charge in [-0.05, 0) is 72.5 Å². The molecule has 5 heteroatoms. The van der Waals surface area contributed by atoms with Gasteiger partial charge in [0.25, 0.3) is 0 Å². The van der Waals surface area contributed by atoms with Gasteiger partial charge >= 0.3 is 0 Å². The SMILES string of the molecule is N#Cc1ccc(-c2ccc(-c3ccc(CNCCCCNc4ccnc5ccccc45)cc3)s2)cc1. The molecule has 178 valence electrons. The van der Waals surface area contributed by atoms with E-state index in [-0.39, 0.29) is 0 Å². The molecule has 0 aliphatic rings. The van der Waals surface area contributed by atoms with Crippen LogP contribution in [0.15, 0.2) is 97.2 Å². The van der Waals surface area contributed by atoms with Crippen LogP contribution in [0.25, 0.3) is 31.8 Å². The molecule has 2 N–H and O–H groups in total. The molecule has 5 aromatic rings. The molecule has 4 nitrogen and oxygen atoms in total. The minimum atomic E-state index is 0.690. The molecule has 0 atom stereocenters. The number of hydrogen-bond acceptors (Lipinski definition) is 5. The van der Waals surface area contributed by atoms with Gasteiger partial charge < -0.3 is 10.6 Å². The highest BCUT2D eigenvalue weighted by Crippen LogP contribution is 2.34. The number of nitrogens with zero attached hydrogens (tertiary/aromatic N) is 2. The van der Waals surface area contributed by atoms with Crippen molar-refractivity contribution in [1.82, 2.24) is 10.3 Å². The Bertz CT molecular complexity index is 1460. The third kappa shape index (κ3) is 5.80. The number of thiophene rings is 1. The number of unbranched alkanes of at least 4 members (excludes halogenated alkanes) is 1. The van der Waals surface area contributed by atoms with Crippen molar-refractivity contribution in [1.29, 1.82) is 5.26 Å². The quantitative estimate of drug-likeness (QED) is 0.200. The van der Waals surface area contributed by atoms with Crippen molar-refractivity contribution in [3.05, 3.63) is 108 Å². The van der Waals surface area contributed by atoms with Crippen LogP contribution in [-0.4, -0.2) is 18.1 Å². The average molecular weight is 489 g/mol. The maximum absolute atomic E-state index is 8.99. The summed E-state index contributed by atoms with van der Waals surface area (Å²) in [5.74, 6) is 0. The second-order valence-electron chi connectivity index (χ2n) is 8.74. The smallest absolute Gasteiger partial charge is 0.0991 e. The van der Waals surface area contributed by atoms with Crippen LogP contribution in [0.3, 0.4) is 0 Å². The van der Waals surface area contributed by atoms with Gasteiger partial charge in [0, 0.05) is 40.1 Å². The maximum atomic E-state index is 8.99. The second-order valence-corrected chi connectivity index (χ2v) is 9.82. The Hall–Kier alpha value is -3.98. The summed E-state index contributed by atoms with van der Waals surface area (Å²) in [7, 11) is 0. The summed E-state index contributed by atoms with van der Waals surface area (Å²) in [5.41, 5.74) is 6.55. The standard InChI is InChI=1S/C31H28N4S/c32-21-23-7-11-25(12-8-23)30-15-16-31(36-30)26-13-9-24(10-14-26)22-33-18-3-4-19-34-29-17-20-35-28-6-2-1-5-27(28)29/h1-2,5-17,20,33H,3-4,18-19,22H2,(H,34,35). The number of nitrogens with one attached hydrogen (secondary N) is 2. The molecule has 36 heavy (non-hydrogen) atoms. The first kappa shape index (κ1) is 23.7. The average Bonchev–Trinajstić information content (AvgIpc) is 3.43. The minimum absolute atomic E-state index is 0.690. The first-order valence-corrected chi connectivity index (χ1v) is 13.1.